The fraction of sp³-hybridized carbons (Fsp3) is 0.103. The largest absolute Gasteiger partial charge is 0.488 e. The van der Waals surface area contributed by atoms with E-state index in [1.807, 2.05) is 74.5 Å². The molecule has 0 aliphatic rings. The second-order valence-electron chi connectivity index (χ2n) is 8.09. The van der Waals surface area contributed by atoms with Crippen LogP contribution in [0.15, 0.2) is 78.4 Å². The molecule has 0 atom stereocenters. The first kappa shape index (κ1) is 24.3. The Morgan fingerprint density at radius 1 is 1.03 bits per heavy atom. The van der Waals surface area contributed by atoms with Crippen LogP contribution in [-0.2, 0) is 11.4 Å². The highest BCUT2D eigenvalue weighted by Gasteiger charge is 2.15. The number of rotatable bonds is 6. The Kier molecular flexibility index (Phi) is 7.41. The molecule has 0 fully saturated rings. The summed E-state index contributed by atoms with van der Waals surface area (Å²) in [5.41, 5.74) is 4.05. The number of anilines is 1. The van der Waals surface area contributed by atoms with Gasteiger partial charge in [0, 0.05) is 26.9 Å². The van der Waals surface area contributed by atoms with E-state index in [1.54, 1.807) is 24.3 Å². The average molecular weight is 501 g/mol. The molecule has 0 radical (unpaired) electrons. The molecule has 4 aromatic rings. The molecule has 0 saturated heterocycles. The van der Waals surface area contributed by atoms with Gasteiger partial charge in [-0.1, -0.05) is 71.7 Å². The van der Waals surface area contributed by atoms with Gasteiger partial charge >= 0.3 is 0 Å². The SMILES string of the molecule is Cc1cccc(NC(=O)/C(C#N)=C/c2c(OCc3ccc(Cl)cc3Cl)ccc3ccccc23)c1C. The van der Waals surface area contributed by atoms with Crippen LogP contribution in [0.2, 0.25) is 10.0 Å². The number of benzene rings is 4. The standard InChI is InChI=1S/C29H22Cl2N2O2/c1-18-6-5-9-27(19(18)2)33-29(34)22(16-32)14-25-24-8-4-3-7-20(24)11-13-28(25)35-17-21-10-12-23(30)15-26(21)31/h3-15H,17H2,1-2H3,(H,33,34)/b22-14+. The van der Waals surface area contributed by atoms with E-state index < -0.39 is 5.91 Å². The van der Waals surface area contributed by atoms with Gasteiger partial charge in [0.1, 0.15) is 24.0 Å². The zero-order chi connectivity index (χ0) is 24.9. The Bertz CT molecular complexity index is 1500. The van der Waals surface area contributed by atoms with Gasteiger partial charge < -0.3 is 10.1 Å². The van der Waals surface area contributed by atoms with Gasteiger partial charge in [-0.05, 0) is 66.1 Å². The van der Waals surface area contributed by atoms with Gasteiger partial charge in [0.25, 0.3) is 5.91 Å². The van der Waals surface area contributed by atoms with E-state index in [-0.39, 0.29) is 12.2 Å². The molecule has 0 unspecified atom stereocenters. The first-order valence-corrected chi connectivity index (χ1v) is 11.7. The number of ether oxygens (including phenoxy) is 1. The zero-order valence-electron chi connectivity index (χ0n) is 19.2. The molecule has 4 rings (SSSR count). The predicted octanol–water partition coefficient (Wildman–Crippen LogP) is 7.89. The molecule has 0 bridgehead atoms. The van der Waals surface area contributed by atoms with Crippen LogP contribution in [-0.4, -0.2) is 5.91 Å². The molecule has 174 valence electrons. The second-order valence-corrected chi connectivity index (χ2v) is 8.94. The van der Waals surface area contributed by atoms with E-state index in [4.69, 9.17) is 27.9 Å². The van der Waals surface area contributed by atoms with E-state index in [1.165, 1.54) is 0 Å². The quantitative estimate of drug-likeness (QED) is 0.216. The minimum Gasteiger partial charge on any atom is -0.488 e. The number of nitriles is 1. The maximum Gasteiger partial charge on any atom is 0.266 e. The van der Waals surface area contributed by atoms with Crippen LogP contribution >= 0.6 is 23.2 Å². The minimum absolute atomic E-state index is 0.0309. The van der Waals surface area contributed by atoms with Gasteiger partial charge in [0.05, 0.1) is 0 Å². The average Bonchev–Trinajstić information content (AvgIpc) is 2.85. The number of nitrogens with zero attached hydrogens (tertiary/aromatic N) is 1. The maximum absolute atomic E-state index is 13.0. The van der Waals surface area contributed by atoms with Crippen molar-refractivity contribution in [3.8, 4) is 11.8 Å². The molecular formula is C29H22Cl2N2O2. The summed E-state index contributed by atoms with van der Waals surface area (Å²) in [6, 6.07) is 24.4. The van der Waals surface area contributed by atoms with Crippen molar-refractivity contribution in [1.29, 1.82) is 5.26 Å². The van der Waals surface area contributed by atoms with Crippen molar-refractivity contribution < 1.29 is 9.53 Å². The molecule has 0 aliphatic heterocycles. The van der Waals surface area contributed by atoms with Gasteiger partial charge in [-0.15, -0.1) is 0 Å². The summed E-state index contributed by atoms with van der Waals surface area (Å²) in [5, 5.41) is 15.6. The number of carbonyl (C=O) groups excluding carboxylic acids is 1. The summed E-state index contributed by atoms with van der Waals surface area (Å²) in [6.45, 7) is 4.10. The smallest absolute Gasteiger partial charge is 0.266 e. The molecule has 35 heavy (non-hydrogen) atoms. The molecule has 0 aliphatic carbocycles. The summed E-state index contributed by atoms with van der Waals surface area (Å²) in [6.07, 6.45) is 1.57. The van der Waals surface area contributed by atoms with Gasteiger partial charge in [-0.25, -0.2) is 0 Å². The highest BCUT2D eigenvalue weighted by molar-refractivity contribution is 6.35. The van der Waals surface area contributed by atoms with Gasteiger partial charge in [0.2, 0.25) is 0 Å². The van der Waals surface area contributed by atoms with Crippen LogP contribution in [0.4, 0.5) is 5.69 Å². The van der Waals surface area contributed by atoms with Crippen molar-refractivity contribution in [2.75, 3.05) is 5.32 Å². The third-order valence-corrected chi connectivity index (χ3v) is 6.42. The van der Waals surface area contributed by atoms with Gasteiger partial charge in [-0.2, -0.15) is 5.26 Å². The Morgan fingerprint density at radius 2 is 1.83 bits per heavy atom. The van der Waals surface area contributed by atoms with Crippen LogP contribution in [0.3, 0.4) is 0 Å². The van der Waals surface area contributed by atoms with Crippen LogP contribution in [0.25, 0.3) is 16.8 Å². The van der Waals surface area contributed by atoms with E-state index in [9.17, 15) is 10.1 Å². The normalized spacial score (nSPS) is 11.2. The summed E-state index contributed by atoms with van der Waals surface area (Å²) >= 11 is 12.3. The van der Waals surface area contributed by atoms with Crippen molar-refractivity contribution in [2.45, 2.75) is 20.5 Å². The fourth-order valence-electron chi connectivity index (χ4n) is 3.71. The van der Waals surface area contributed by atoms with Gasteiger partial charge in [-0.3, -0.25) is 4.79 Å². The third-order valence-electron chi connectivity index (χ3n) is 5.84. The number of carbonyl (C=O) groups is 1. The van der Waals surface area contributed by atoms with Crippen molar-refractivity contribution in [3.63, 3.8) is 0 Å². The highest BCUT2D eigenvalue weighted by atomic mass is 35.5. The Hall–Kier alpha value is -3.78. The predicted molar refractivity (Wildman–Crippen MR) is 143 cm³/mol. The maximum atomic E-state index is 13.0. The summed E-state index contributed by atoms with van der Waals surface area (Å²) in [7, 11) is 0. The molecule has 1 amide bonds. The summed E-state index contributed by atoms with van der Waals surface area (Å²) in [5.74, 6) is 0.0443. The molecule has 0 aromatic heterocycles. The molecule has 0 spiro atoms. The Morgan fingerprint density at radius 3 is 2.60 bits per heavy atom. The molecule has 4 nitrogen and oxygen atoms in total. The van der Waals surface area contributed by atoms with Crippen molar-refractivity contribution >= 4 is 51.6 Å². The summed E-state index contributed by atoms with van der Waals surface area (Å²) < 4.78 is 6.12. The lowest BCUT2D eigenvalue weighted by atomic mass is 10.0. The Labute approximate surface area is 214 Å². The van der Waals surface area contributed by atoms with Gasteiger partial charge in [0.15, 0.2) is 0 Å². The molecule has 1 N–H and O–H groups in total. The monoisotopic (exact) mass is 500 g/mol. The Balaban J connectivity index is 1.72. The van der Waals surface area contributed by atoms with E-state index >= 15 is 0 Å². The van der Waals surface area contributed by atoms with Crippen molar-refractivity contribution in [3.05, 3.63) is 111 Å². The fourth-order valence-corrected chi connectivity index (χ4v) is 4.18. The van der Waals surface area contributed by atoms with Crippen LogP contribution in [0.5, 0.6) is 5.75 Å². The lowest BCUT2D eigenvalue weighted by Crippen LogP contribution is -2.14. The zero-order valence-corrected chi connectivity index (χ0v) is 20.7. The molecule has 6 heteroatoms. The number of amides is 1. The molecular weight excluding hydrogens is 479 g/mol. The lowest BCUT2D eigenvalue weighted by molar-refractivity contribution is -0.112. The number of halogens is 2. The topological polar surface area (TPSA) is 62.1 Å². The first-order chi connectivity index (χ1) is 16.9. The molecule has 4 aromatic carbocycles. The second kappa shape index (κ2) is 10.7. The van der Waals surface area contributed by atoms with E-state index in [0.717, 1.165) is 27.5 Å². The van der Waals surface area contributed by atoms with Crippen LogP contribution in [0, 0.1) is 25.2 Å². The minimum atomic E-state index is -0.485. The van der Waals surface area contributed by atoms with E-state index in [2.05, 4.69) is 5.32 Å². The molecule has 0 heterocycles. The van der Waals surface area contributed by atoms with Crippen molar-refractivity contribution in [2.24, 2.45) is 0 Å². The first-order valence-electron chi connectivity index (χ1n) is 10.9. The highest BCUT2D eigenvalue weighted by Crippen LogP contribution is 2.32. The third kappa shape index (κ3) is 5.49. The summed E-state index contributed by atoms with van der Waals surface area (Å²) in [4.78, 5) is 13.0. The lowest BCUT2D eigenvalue weighted by Gasteiger charge is -2.14. The number of aryl methyl sites for hydroxylation is 1. The number of hydrogen-bond donors (Lipinski definition) is 1. The number of nitrogens with one attached hydrogen (secondary N) is 1. The molecule has 0 saturated carbocycles. The van der Waals surface area contributed by atoms with Crippen molar-refractivity contribution in [1.82, 2.24) is 0 Å². The number of fused-ring (bicyclic) bond motifs is 1. The van der Waals surface area contributed by atoms with E-state index in [0.29, 0.717) is 27.0 Å². The van der Waals surface area contributed by atoms with Crippen LogP contribution in [0.1, 0.15) is 22.3 Å². The van der Waals surface area contributed by atoms with Crippen LogP contribution < -0.4 is 10.1 Å². The number of hydrogen-bond acceptors (Lipinski definition) is 3.